The molecule has 6 rings (SSSR count). The fourth-order valence-electron chi connectivity index (χ4n) is 5.30. The number of cyclic esters (lactones) is 1. The summed E-state index contributed by atoms with van der Waals surface area (Å²) in [5.74, 6) is -4.72. The van der Waals surface area contributed by atoms with E-state index < -0.39 is 40.4 Å². The molecule has 0 aliphatic carbocycles. The van der Waals surface area contributed by atoms with E-state index in [0.29, 0.717) is 11.6 Å². The Balaban J connectivity index is 1.70. The summed E-state index contributed by atoms with van der Waals surface area (Å²) in [6, 6.07) is 6.15. The van der Waals surface area contributed by atoms with Crippen molar-refractivity contribution in [2.45, 2.75) is 38.5 Å². The van der Waals surface area contributed by atoms with Gasteiger partial charge in [0.05, 0.1) is 35.4 Å². The van der Waals surface area contributed by atoms with Gasteiger partial charge in [0.25, 0.3) is 5.56 Å². The van der Waals surface area contributed by atoms with Crippen molar-refractivity contribution < 1.29 is 32.2 Å². The van der Waals surface area contributed by atoms with E-state index in [4.69, 9.17) is 4.74 Å². The first-order valence-electron chi connectivity index (χ1n) is 11.5. The third kappa shape index (κ3) is 3.46. The Morgan fingerprint density at radius 3 is 2.41 bits per heavy atom. The molecule has 0 radical (unpaired) electrons. The van der Waals surface area contributed by atoms with E-state index in [0.717, 1.165) is 24.3 Å². The van der Waals surface area contributed by atoms with E-state index in [1.807, 2.05) is 0 Å². The fraction of sp³-hybridized carbons (Fsp3) is 0.222. The van der Waals surface area contributed by atoms with Crippen LogP contribution in [-0.2, 0) is 28.3 Å². The number of aromatic nitrogens is 2. The number of nitrogens with zero attached hydrogens (tertiary/aromatic N) is 2. The molecule has 6 nitrogen and oxygen atoms in total. The van der Waals surface area contributed by atoms with Crippen LogP contribution in [0.1, 0.15) is 36.5 Å². The molecule has 2 aromatic carbocycles. The Labute approximate surface area is 206 Å². The molecule has 1 atom stereocenters. The van der Waals surface area contributed by atoms with Crippen LogP contribution in [0.4, 0.5) is 17.6 Å². The first-order valence-corrected chi connectivity index (χ1v) is 11.5. The highest BCUT2D eigenvalue weighted by Crippen LogP contribution is 2.43. The van der Waals surface area contributed by atoms with Crippen molar-refractivity contribution in [2.24, 2.45) is 0 Å². The molecule has 4 heterocycles. The first kappa shape index (κ1) is 23.4. The number of halogens is 4. The Bertz CT molecular complexity index is 1710. The number of aliphatic hydroxyl groups is 1. The molecule has 0 fully saturated rings. The van der Waals surface area contributed by atoms with Crippen molar-refractivity contribution in [1.82, 2.24) is 9.55 Å². The maximum atomic E-state index is 14.3. The van der Waals surface area contributed by atoms with Crippen molar-refractivity contribution in [3.8, 4) is 22.5 Å². The zero-order valence-corrected chi connectivity index (χ0v) is 19.4. The minimum Gasteiger partial charge on any atom is -0.460 e. The van der Waals surface area contributed by atoms with Crippen LogP contribution in [0.15, 0.2) is 41.2 Å². The van der Waals surface area contributed by atoms with E-state index in [9.17, 15) is 32.3 Å². The molecule has 2 aliphatic heterocycles. The Kier molecular flexibility index (Phi) is 5.03. The molecule has 4 aromatic rings. The van der Waals surface area contributed by atoms with Gasteiger partial charge < -0.3 is 14.4 Å². The van der Waals surface area contributed by atoms with Gasteiger partial charge in [-0.25, -0.2) is 22.5 Å². The zero-order chi connectivity index (χ0) is 26.2. The topological polar surface area (TPSA) is 81.4 Å². The standard InChI is InChI=1S/C27H18F4N2O4/c1-2-27(36)9-23(34)37-11-17-18(27)7-22-25-16(10-33(22)26(17)35)24(12-3-13(28)5-14(29)4-12)15-6-19(30)20(31)8-21(15)32-25/h3-8,36H,2,9-11H2,1H3/t27-/m1/s1. The van der Waals surface area contributed by atoms with E-state index >= 15 is 0 Å². The Hall–Kier alpha value is -4.05. The first-order chi connectivity index (χ1) is 17.6. The molecule has 2 aromatic heterocycles. The second kappa shape index (κ2) is 7.97. The number of pyridine rings is 2. The van der Waals surface area contributed by atoms with Crippen molar-refractivity contribution >= 4 is 16.9 Å². The number of carbonyl (C=O) groups is 1. The second-order valence-electron chi connectivity index (χ2n) is 9.29. The summed E-state index contributed by atoms with van der Waals surface area (Å²) in [6.07, 6.45) is -0.232. The van der Waals surface area contributed by atoms with E-state index in [2.05, 4.69) is 4.98 Å². The SMILES string of the molecule is CC[C@@]1(O)CC(=O)OCc2c1cc1n(c2=O)Cc2c-1nc1cc(F)c(F)cc1c2-c1cc(F)cc(F)c1. The molecular formula is C27H18F4N2O4. The normalized spacial score (nSPS) is 18.3. The number of hydrogen-bond acceptors (Lipinski definition) is 5. The maximum Gasteiger partial charge on any atom is 0.309 e. The number of ether oxygens (including phenoxy) is 1. The number of carbonyl (C=O) groups excluding carboxylic acids is 1. The lowest BCUT2D eigenvalue weighted by molar-refractivity contribution is -0.149. The molecule has 10 heteroatoms. The number of rotatable bonds is 2. The van der Waals surface area contributed by atoms with Gasteiger partial charge in [-0.15, -0.1) is 0 Å². The van der Waals surface area contributed by atoms with Crippen LogP contribution in [-0.4, -0.2) is 20.6 Å². The van der Waals surface area contributed by atoms with Gasteiger partial charge in [0, 0.05) is 23.1 Å². The molecule has 37 heavy (non-hydrogen) atoms. The predicted octanol–water partition coefficient (Wildman–Crippen LogP) is 4.69. The van der Waals surface area contributed by atoms with Crippen LogP contribution in [0.3, 0.4) is 0 Å². The highest BCUT2D eigenvalue weighted by Gasteiger charge is 2.40. The monoisotopic (exact) mass is 510 g/mol. The summed E-state index contributed by atoms with van der Waals surface area (Å²) >= 11 is 0. The molecule has 0 bridgehead atoms. The minimum absolute atomic E-state index is 0.0115. The van der Waals surface area contributed by atoms with Crippen LogP contribution in [0.5, 0.6) is 0 Å². The lowest BCUT2D eigenvalue weighted by atomic mass is 9.85. The third-order valence-corrected chi connectivity index (χ3v) is 7.14. The summed E-state index contributed by atoms with van der Waals surface area (Å²) < 4.78 is 63.5. The summed E-state index contributed by atoms with van der Waals surface area (Å²) in [5.41, 5.74) is -0.748. The smallest absolute Gasteiger partial charge is 0.309 e. The maximum absolute atomic E-state index is 14.3. The van der Waals surface area contributed by atoms with Crippen molar-refractivity contribution in [3.05, 3.63) is 86.7 Å². The van der Waals surface area contributed by atoms with Crippen LogP contribution >= 0.6 is 0 Å². The van der Waals surface area contributed by atoms with Crippen molar-refractivity contribution in [2.75, 3.05) is 0 Å². The van der Waals surface area contributed by atoms with Crippen LogP contribution in [0.2, 0.25) is 0 Å². The van der Waals surface area contributed by atoms with E-state index in [-0.39, 0.29) is 70.5 Å². The van der Waals surface area contributed by atoms with Gasteiger partial charge in [-0.3, -0.25) is 9.59 Å². The number of esters is 1. The van der Waals surface area contributed by atoms with Crippen LogP contribution in [0.25, 0.3) is 33.4 Å². The third-order valence-electron chi connectivity index (χ3n) is 7.14. The average molecular weight is 510 g/mol. The van der Waals surface area contributed by atoms with Gasteiger partial charge in [-0.05, 0) is 47.4 Å². The molecule has 0 spiro atoms. The average Bonchev–Trinajstić information content (AvgIpc) is 3.13. The van der Waals surface area contributed by atoms with Gasteiger partial charge in [-0.1, -0.05) is 6.92 Å². The summed E-state index contributed by atoms with van der Waals surface area (Å²) in [7, 11) is 0. The Morgan fingerprint density at radius 1 is 1.00 bits per heavy atom. The van der Waals surface area contributed by atoms with E-state index in [1.54, 1.807) is 13.0 Å². The predicted molar refractivity (Wildman–Crippen MR) is 124 cm³/mol. The highest BCUT2D eigenvalue weighted by atomic mass is 19.2. The zero-order valence-electron chi connectivity index (χ0n) is 19.4. The van der Waals surface area contributed by atoms with Gasteiger partial charge in [0.2, 0.25) is 0 Å². The number of hydrogen-bond donors (Lipinski definition) is 1. The van der Waals surface area contributed by atoms with Crippen LogP contribution < -0.4 is 5.56 Å². The van der Waals surface area contributed by atoms with Crippen molar-refractivity contribution in [1.29, 1.82) is 0 Å². The van der Waals surface area contributed by atoms with Gasteiger partial charge in [0.15, 0.2) is 11.6 Å². The summed E-state index contributed by atoms with van der Waals surface area (Å²) in [6.45, 7) is 1.24. The summed E-state index contributed by atoms with van der Waals surface area (Å²) in [4.78, 5) is 30.2. The quantitative estimate of drug-likeness (QED) is 0.275. The van der Waals surface area contributed by atoms with Gasteiger partial charge in [-0.2, -0.15) is 0 Å². The van der Waals surface area contributed by atoms with Gasteiger partial charge in [0.1, 0.15) is 23.8 Å². The molecule has 0 saturated carbocycles. The molecule has 188 valence electrons. The molecular weight excluding hydrogens is 492 g/mol. The molecule has 0 amide bonds. The van der Waals surface area contributed by atoms with Gasteiger partial charge >= 0.3 is 5.97 Å². The fourth-order valence-corrected chi connectivity index (χ4v) is 5.30. The molecule has 2 aliphatic rings. The number of benzene rings is 2. The highest BCUT2D eigenvalue weighted by molar-refractivity contribution is 6.00. The van der Waals surface area contributed by atoms with Crippen LogP contribution in [0, 0.1) is 23.3 Å². The molecule has 0 saturated heterocycles. The largest absolute Gasteiger partial charge is 0.460 e. The molecule has 0 unspecified atom stereocenters. The lowest BCUT2D eigenvalue weighted by Gasteiger charge is -2.26. The lowest BCUT2D eigenvalue weighted by Crippen LogP contribution is -2.32. The minimum atomic E-state index is -1.67. The Morgan fingerprint density at radius 2 is 1.70 bits per heavy atom. The summed E-state index contributed by atoms with van der Waals surface area (Å²) in [5, 5.41) is 11.4. The number of fused-ring (bicyclic) bond motifs is 5. The van der Waals surface area contributed by atoms with E-state index in [1.165, 1.54) is 4.57 Å². The van der Waals surface area contributed by atoms with Crippen molar-refractivity contribution in [3.63, 3.8) is 0 Å². The molecule has 1 N–H and O–H groups in total. The second-order valence-corrected chi connectivity index (χ2v) is 9.29.